The summed E-state index contributed by atoms with van der Waals surface area (Å²) in [7, 11) is 0. The number of carbonyl (C=O) groups excluding carboxylic acids is 4. The lowest BCUT2D eigenvalue weighted by Crippen LogP contribution is -2.57. The predicted octanol–water partition coefficient (Wildman–Crippen LogP) is -2.89. The summed E-state index contributed by atoms with van der Waals surface area (Å²) in [6, 6.07) is -5.99. The van der Waals surface area contributed by atoms with E-state index in [4.69, 9.17) is 26.8 Å². The second-order valence-corrected chi connectivity index (χ2v) is 7.96. The van der Waals surface area contributed by atoms with Crippen LogP contribution in [-0.2, 0) is 33.6 Å². The molecule has 0 spiro atoms. The van der Waals surface area contributed by atoms with Crippen molar-refractivity contribution in [2.24, 2.45) is 17.4 Å². The highest BCUT2D eigenvalue weighted by Crippen LogP contribution is 2.08. The Morgan fingerprint density at radius 2 is 1.21 bits per heavy atom. The zero-order valence-electron chi connectivity index (χ0n) is 18.8. The molecule has 0 fully saturated rings. The van der Waals surface area contributed by atoms with Crippen molar-refractivity contribution in [3.8, 4) is 0 Å². The second-order valence-electron chi connectivity index (χ2n) is 7.96. The first-order valence-corrected chi connectivity index (χ1v) is 10.2. The Morgan fingerprint density at radius 3 is 1.65 bits per heavy atom. The summed E-state index contributed by atoms with van der Waals surface area (Å²) in [6.45, 7) is 3.45. The van der Waals surface area contributed by atoms with Gasteiger partial charge in [-0.05, 0) is 18.8 Å². The quantitative estimate of drug-likeness (QED) is 0.109. The number of hydrogen-bond donors (Lipinski definition) is 8. The maximum atomic E-state index is 12.8. The number of primary amides is 1. The van der Waals surface area contributed by atoms with Gasteiger partial charge in [-0.2, -0.15) is 0 Å². The van der Waals surface area contributed by atoms with Crippen LogP contribution in [-0.4, -0.2) is 81.0 Å². The first-order chi connectivity index (χ1) is 15.6. The van der Waals surface area contributed by atoms with Gasteiger partial charge >= 0.3 is 17.9 Å². The number of nitrogens with two attached hydrogens (primary N) is 2. The largest absolute Gasteiger partial charge is 0.481 e. The highest BCUT2D eigenvalue weighted by atomic mass is 16.4. The molecule has 0 aromatic carbocycles. The van der Waals surface area contributed by atoms with Gasteiger partial charge in [0, 0.05) is 6.42 Å². The molecule has 34 heavy (non-hydrogen) atoms. The van der Waals surface area contributed by atoms with Crippen LogP contribution in [0, 0.1) is 5.92 Å². The molecule has 4 unspecified atom stereocenters. The average Bonchev–Trinajstić information content (AvgIpc) is 2.68. The highest BCUT2D eigenvalue weighted by Gasteiger charge is 2.31. The van der Waals surface area contributed by atoms with E-state index in [2.05, 4.69) is 10.6 Å². The smallest absolute Gasteiger partial charge is 0.326 e. The Labute approximate surface area is 194 Å². The minimum atomic E-state index is -1.81. The van der Waals surface area contributed by atoms with Crippen LogP contribution in [0.2, 0.25) is 0 Å². The van der Waals surface area contributed by atoms with Crippen LogP contribution in [0.25, 0.3) is 0 Å². The van der Waals surface area contributed by atoms with E-state index in [1.807, 2.05) is 5.32 Å². The number of nitrogens with one attached hydrogen (secondary N) is 3. The Kier molecular flexibility index (Phi) is 12.8. The highest BCUT2D eigenvalue weighted by molar-refractivity contribution is 5.95. The van der Waals surface area contributed by atoms with Crippen LogP contribution in [0.15, 0.2) is 0 Å². The summed E-state index contributed by atoms with van der Waals surface area (Å²) in [5.41, 5.74) is 10.6. The average molecular weight is 489 g/mol. The van der Waals surface area contributed by atoms with Crippen LogP contribution in [0.4, 0.5) is 0 Å². The Morgan fingerprint density at radius 1 is 0.735 bits per heavy atom. The van der Waals surface area contributed by atoms with E-state index in [-0.39, 0.29) is 25.2 Å². The lowest BCUT2D eigenvalue weighted by Gasteiger charge is -2.25. The topological polar surface area (TPSA) is 268 Å². The van der Waals surface area contributed by atoms with Gasteiger partial charge in [0.25, 0.3) is 0 Å². The van der Waals surface area contributed by atoms with Crippen LogP contribution >= 0.6 is 0 Å². The minimum absolute atomic E-state index is 0.0677. The van der Waals surface area contributed by atoms with Crippen LogP contribution in [0.5, 0.6) is 0 Å². The lowest BCUT2D eigenvalue weighted by atomic mass is 10.0. The summed E-state index contributed by atoms with van der Waals surface area (Å²) in [6.07, 6.45) is -2.28. The third-order valence-corrected chi connectivity index (χ3v) is 4.38. The van der Waals surface area contributed by atoms with E-state index >= 15 is 0 Å². The van der Waals surface area contributed by atoms with Crippen molar-refractivity contribution in [3.05, 3.63) is 0 Å². The SMILES string of the molecule is CC(C)CC(NC(=O)C(N)CC(=O)O)C(=O)NC(CCC(N)=O)C(=O)NC(CC(=O)O)C(=O)O. The van der Waals surface area contributed by atoms with Gasteiger partial charge < -0.3 is 42.7 Å². The Bertz CT molecular complexity index is 800. The molecule has 0 aliphatic heterocycles. The van der Waals surface area contributed by atoms with Gasteiger partial charge in [-0.15, -0.1) is 0 Å². The number of amides is 4. The molecular weight excluding hydrogens is 458 g/mol. The molecule has 0 saturated carbocycles. The molecule has 0 aliphatic rings. The van der Waals surface area contributed by atoms with Crippen molar-refractivity contribution < 1.29 is 48.9 Å². The molecule has 0 aliphatic carbocycles. The summed E-state index contributed by atoms with van der Waals surface area (Å²) in [5.74, 6) is -8.31. The van der Waals surface area contributed by atoms with Crippen molar-refractivity contribution in [2.75, 3.05) is 0 Å². The second kappa shape index (κ2) is 14.4. The zero-order valence-corrected chi connectivity index (χ0v) is 18.8. The maximum absolute atomic E-state index is 12.8. The molecule has 15 nitrogen and oxygen atoms in total. The molecule has 4 amide bonds. The standard InChI is InChI=1S/C19H31N5O10/c1-8(2)5-11(23-16(30)9(20)6-14(26)27)18(32)22-10(3-4-13(21)25)17(31)24-12(19(33)34)7-15(28)29/h8-12H,3-7,20H2,1-2H3,(H2,21,25)(H,22,32)(H,23,30)(H,24,31)(H,26,27)(H,28,29)(H,33,34). The van der Waals surface area contributed by atoms with Crippen molar-refractivity contribution in [1.29, 1.82) is 0 Å². The summed E-state index contributed by atoms with van der Waals surface area (Å²) >= 11 is 0. The normalized spacial score (nSPS) is 14.2. The minimum Gasteiger partial charge on any atom is -0.481 e. The molecular formula is C19H31N5O10. The zero-order chi connectivity index (χ0) is 26.6. The third kappa shape index (κ3) is 12.3. The Balaban J connectivity index is 5.61. The van der Waals surface area contributed by atoms with Crippen molar-refractivity contribution in [2.45, 2.75) is 70.1 Å². The van der Waals surface area contributed by atoms with E-state index in [9.17, 15) is 33.6 Å². The molecule has 15 heteroatoms. The fraction of sp³-hybridized carbons (Fsp3) is 0.632. The van der Waals surface area contributed by atoms with Crippen molar-refractivity contribution >= 4 is 41.5 Å². The number of rotatable bonds is 16. The first kappa shape index (κ1) is 30.2. The van der Waals surface area contributed by atoms with E-state index in [0.29, 0.717) is 0 Å². The van der Waals surface area contributed by atoms with E-state index in [1.165, 1.54) is 0 Å². The van der Waals surface area contributed by atoms with Crippen molar-refractivity contribution in [1.82, 2.24) is 16.0 Å². The number of carboxylic acids is 3. The van der Waals surface area contributed by atoms with Crippen molar-refractivity contribution in [3.63, 3.8) is 0 Å². The van der Waals surface area contributed by atoms with E-state index < -0.39 is 78.5 Å². The molecule has 0 aromatic rings. The van der Waals surface area contributed by atoms with Gasteiger partial charge in [-0.1, -0.05) is 13.8 Å². The molecule has 192 valence electrons. The lowest BCUT2D eigenvalue weighted by molar-refractivity contribution is -0.147. The number of carbonyl (C=O) groups is 7. The summed E-state index contributed by atoms with van der Waals surface area (Å²) in [4.78, 5) is 81.6. The maximum Gasteiger partial charge on any atom is 0.326 e. The monoisotopic (exact) mass is 489 g/mol. The Hall–Kier alpha value is -3.75. The first-order valence-electron chi connectivity index (χ1n) is 10.2. The van der Waals surface area contributed by atoms with Gasteiger partial charge in [0.15, 0.2) is 0 Å². The summed E-state index contributed by atoms with van der Waals surface area (Å²) < 4.78 is 0. The molecule has 10 N–H and O–H groups in total. The molecule has 0 bridgehead atoms. The molecule has 0 aromatic heterocycles. The van der Waals surface area contributed by atoms with Crippen LogP contribution in [0.3, 0.4) is 0 Å². The fourth-order valence-corrected chi connectivity index (χ4v) is 2.74. The van der Waals surface area contributed by atoms with Gasteiger partial charge in [0.1, 0.15) is 18.1 Å². The predicted molar refractivity (Wildman–Crippen MR) is 114 cm³/mol. The summed E-state index contributed by atoms with van der Waals surface area (Å²) in [5, 5.41) is 33.3. The molecule has 0 radical (unpaired) electrons. The number of aliphatic carboxylic acids is 3. The number of carboxylic acid groups (broad SMARTS) is 3. The fourth-order valence-electron chi connectivity index (χ4n) is 2.74. The van der Waals surface area contributed by atoms with Crippen LogP contribution < -0.4 is 27.4 Å². The van der Waals surface area contributed by atoms with E-state index in [1.54, 1.807) is 13.8 Å². The van der Waals surface area contributed by atoms with E-state index in [0.717, 1.165) is 0 Å². The molecule has 0 rings (SSSR count). The third-order valence-electron chi connectivity index (χ3n) is 4.38. The van der Waals surface area contributed by atoms with Gasteiger partial charge in [-0.3, -0.25) is 28.8 Å². The van der Waals surface area contributed by atoms with Gasteiger partial charge in [-0.25, -0.2) is 4.79 Å². The molecule has 4 atom stereocenters. The van der Waals surface area contributed by atoms with Gasteiger partial charge in [0.2, 0.25) is 23.6 Å². The number of hydrogen-bond acceptors (Lipinski definition) is 8. The molecule has 0 heterocycles. The van der Waals surface area contributed by atoms with Gasteiger partial charge in [0.05, 0.1) is 18.9 Å². The van der Waals surface area contributed by atoms with Crippen LogP contribution in [0.1, 0.15) is 46.0 Å². The molecule has 0 saturated heterocycles.